The molecule has 1 fully saturated rings. The van der Waals surface area contributed by atoms with Gasteiger partial charge >= 0.3 is 0 Å². The van der Waals surface area contributed by atoms with Crippen molar-refractivity contribution in [2.24, 2.45) is 0 Å². The molecule has 150 valence electrons. The molecule has 1 atom stereocenters. The lowest BCUT2D eigenvalue weighted by atomic mass is 10.1. The minimum Gasteiger partial charge on any atom is -0.497 e. The minimum atomic E-state index is -0.138. The Morgan fingerprint density at radius 2 is 1.83 bits per heavy atom. The first-order valence-corrected chi connectivity index (χ1v) is 9.56. The normalized spacial score (nSPS) is 15.9. The summed E-state index contributed by atoms with van der Waals surface area (Å²) in [5, 5.41) is 10.7. The highest BCUT2D eigenvalue weighted by Crippen LogP contribution is 2.25. The number of nitrogens with one attached hydrogen (secondary N) is 2. The molecule has 2 aromatic carbocycles. The molecule has 4 rings (SSSR count). The average molecular weight is 392 g/mol. The van der Waals surface area contributed by atoms with Crippen molar-refractivity contribution in [2.75, 3.05) is 32.2 Å². The molecule has 0 spiro atoms. The summed E-state index contributed by atoms with van der Waals surface area (Å²) in [6.45, 7) is 1.55. The number of hydrogen-bond acceptors (Lipinski definition) is 5. The van der Waals surface area contributed by atoms with Gasteiger partial charge < -0.3 is 19.7 Å². The molecule has 2 N–H and O–H groups in total. The van der Waals surface area contributed by atoms with E-state index in [2.05, 4.69) is 20.4 Å². The molecule has 1 aromatic heterocycles. The molecule has 1 amide bonds. The zero-order valence-electron chi connectivity index (χ0n) is 16.5. The summed E-state index contributed by atoms with van der Waals surface area (Å²) in [4.78, 5) is 14.9. The summed E-state index contributed by atoms with van der Waals surface area (Å²) < 4.78 is 10.5. The number of carbonyl (C=O) groups is 1. The van der Waals surface area contributed by atoms with Gasteiger partial charge in [-0.2, -0.15) is 5.10 Å². The van der Waals surface area contributed by atoms with Gasteiger partial charge in [0, 0.05) is 36.8 Å². The summed E-state index contributed by atoms with van der Waals surface area (Å²) in [5.41, 5.74) is 2.60. The molecule has 0 radical (unpaired) electrons. The standard InChI is InChI=1S/C22H24N4O3/c1-28-18-10-16(11-19(12-18)29-2)22(27)23-17-8-9-26(14-17)21-13-20(24-25-21)15-6-4-3-5-7-15/h3-7,10-13,17H,8-9,14H2,1-2H3,(H,23,27)(H,24,25). The first kappa shape index (κ1) is 18.9. The number of nitrogens with zero attached hydrogens (tertiary/aromatic N) is 2. The zero-order valence-corrected chi connectivity index (χ0v) is 16.5. The molecule has 7 heteroatoms. The van der Waals surface area contributed by atoms with Gasteiger partial charge in [0.05, 0.1) is 19.9 Å². The van der Waals surface area contributed by atoms with Crippen LogP contribution in [-0.2, 0) is 0 Å². The first-order valence-electron chi connectivity index (χ1n) is 9.56. The third kappa shape index (κ3) is 4.18. The van der Waals surface area contributed by atoms with Gasteiger partial charge in [-0.3, -0.25) is 9.89 Å². The van der Waals surface area contributed by atoms with Crippen molar-refractivity contribution in [3.05, 3.63) is 60.2 Å². The Hall–Kier alpha value is -3.48. The van der Waals surface area contributed by atoms with Gasteiger partial charge in [-0.15, -0.1) is 0 Å². The predicted octanol–water partition coefficient (Wildman–Crippen LogP) is 3.10. The van der Waals surface area contributed by atoms with Crippen molar-refractivity contribution in [3.8, 4) is 22.8 Å². The number of amides is 1. The number of rotatable bonds is 6. The van der Waals surface area contributed by atoms with Crippen molar-refractivity contribution in [1.29, 1.82) is 0 Å². The van der Waals surface area contributed by atoms with Crippen LogP contribution in [0.15, 0.2) is 54.6 Å². The van der Waals surface area contributed by atoms with E-state index in [4.69, 9.17) is 9.47 Å². The van der Waals surface area contributed by atoms with Crippen LogP contribution in [-0.4, -0.2) is 49.5 Å². The molecule has 1 unspecified atom stereocenters. The van der Waals surface area contributed by atoms with Gasteiger partial charge in [-0.1, -0.05) is 30.3 Å². The van der Waals surface area contributed by atoms with Gasteiger partial charge in [0.1, 0.15) is 11.5 Å². The van der Waals surface area contributed by atoms with Crippen molar-refractivity contribution >= 4 is 11.7 Å². The minimum absolute atomic E-state index is 0.0524. The molecule has 0 aliphatic carbocycles. The molecule has 0 bridgehead atoms. The third-order valence-electron chi connectivity index (χ3n) is 5.11. The maximum atomic E-state index is 12.7. The van der Waals surface area contributed by atoms with Crippen LogP contribution in [0.5, 0.6) is 11.5 Å². The Morgan fingerprint density at radius 3 is 2.52 bits per heavy atom. The van der Waals surface area contributed by atoms with E-state index < -0.39 is 0 Å². The van der Waals surface area contributed by atoms with E-state index in [0.29, 0.717) is 23.6 Å². The maximum absolute atomic E-state index is 12.7. The van der Waals surface area contributed by atoms with Gasteiger partial charge in [0.2, 0.25) is 0 Å². The lowest BCUT2D eigenvalue weighted by Crippen LogP contribution is -2.37. The highest BCUT2D eigenvalue weighted by molar-refractivity contribution is 5.95. The first-order chi connectivity index (χ1) is 14.2. The van der Waals surface area contributed by atoms with Crippen LogP contribution in [0.25, 0.3) is 11.3 Å². The number of ether oxygens (including phenoxy) is 2. The van der Waals surface area contributed by atoms with E-state index in [1.54, 1.807) is 32.4 Å². The third-order valence-corrected chi connectivity index (χ3v) is 5.11. The largest absolute Gasteiger partial charge is 0.497 e. The Morgan fingerprint density at radius 1 is 1.10 bits per heavy atom. The fraction of sp³-hybridized carbons (Fsp3) is 0.273. The molecule has 29 heavy (non-hydrogen) atoms. The number of carbonyl (C=O) groups excluding carboxylic acids is 1. The van der Waals surface area contributed by atoms with Crippen LogP contribution in [0.1, 0.15) is 16.8 Å². The molecular formula is C22H24N4O3. The van der Waals surface area contributed by atoms with Gasteiger partial charge in [0.15, 0.2) is 5.82 Å². The van der Waals surface area contributed by atoms with Gasteiger partial charge in [-0.05, 0) is 24.1 Å². The zero-order chi connectivity index (χ0) is 20.2. The second-order valence-electron chi connectivity index (χ2n) is 7.01. The number of benzene rings is 2. The SMILES string of the molecule is COc1cc(OC)cc(C(=O)NC2CCN(c3cc(-c4ccccc4)[nH]n3)C2)c1. The second-order valence-corrected chi connectivity index (χ2v) is 7.01. The van der Waals surface area contributed by atoms with E-state index >= 15 is 0 Å². The molecule has 0 saturated carbocycles. The summed E-state index contributed by atoms with van der Waals surface area (Å²) >= 11 is 0. The number of H-pyrrole nitrogens is 1. The van der Waals surface area contributed by atoms with Crippen LogP contribution >= 0.6 is 0 Å². The molecule has 1 aliphatic heterocycles. The predicted molar refractivity (Wildman–Crippen MR) is 112 cm³/mol. The molecular weight excluding hydrogens is 368 g/mol. The fourth-order valence-electron chi connectivity index (χ4n) is 3.53. The highest BCUT2D eigenvalue weighted by Gasteiger charge is 2.26. The topological polar surface area (TPSA) is 79.5 Å². The van der Waals surface area contributed by atoms with Crippen LogP contribution in [0, 0.1) is 0 Å². The fourth-order valence-corrected chi connectivity index (χ4v) is 3.53. The second kappa shape index (κ2) is 8.26. The smallest absolute Gasteiger partial charge is 0.251 e. The van der Waals surface area contributed by atoms with Crippen molar-refractivity contribution < 1.29 is 14.3 Å². The number of hydrogen-bond donors (Lipinski definition) is 2. The van der Waals surface area contributed by atoms with E-state index in [1.807, 2.05) is 36.4 Å². The number of methoxy groups -OCH3 is 2. The summed E-state index contributed by atoms with van der Waals surface area (Å²) in [6, 6.07) is 17.4. The number of aromatic nitrogens is 2. The maximum Gasteiger partial charge on any atom is 0.251 e. The molecule has 1 aliphatic rings. The lowest BCUT2D eigenvalue weighted by molar-refractivity contribution is 0.0939. The van der Waals surface area contributed by atoms with Gasteiger partial charge in [0.25, 0.3) is 5.91 Å². The van der Waals surface area contributed by atoms with Crippen LogP contribution in [0.2, 0.25) is 0 Å². The van der Waals surface area contributed by atoms with Crippen LogP contribution < -0.4 is 19.7 Å². The van der Waals surface area contributed by atoms with E-state index in [0.717, 1.165) is 30.0 Å². The summed E-state index contributed by atoms with van der Waals surface area (Å²) in [7, 11) is 3.14. The highest BCUT2D eigenvalue weighted by atomic mass is 16.5. The average Bonchev–Trinajstić information content (AvgIpc) is 3.43. The van der Waals surface area contributed by atoms with Crippen molar-refractivity contribution in [2.45, 2.75) is 12.5 Å². The number of aromatic amines is 1. The summed E-state index contributed by atoms with van der Waals surface area (Å²) in [5.74, 6) is 1.93. The summed E-state index contributed by atoms with van der Waals surface area (Å²) in [6.07, 6.45) is 0.861. The van der Waals surface area contributed by atoms with Crippen molar-refractivity contribution in [1.82, 2.24) is 15.5 Å². The van der Waals surface area contributed by atoms with Gasteiger partial charge in [-0.25, -0.2) is 0 Å². The number of anilines is 1. The van der Waals surface area contributed by atoms with E-state index in [-0.39, 0.29) is 11.9 Å². The molecule has 1 saturated heterocycles. The molecule has 3 aromatic rings. The Kier molecular flexibility index (Phi) is 5.37. The monoisotopic (exact) mass is 392 g/mol. The molecule has 2 heterocycles. The molecule has 7 nitrogen and oxygen atoms in total. The Balaban J connectivity index is 1.40. The van der Waals surface area contributed by atoms with E-state index in [9.17, 15) is 4.79 Å². The van der Waals surface area contributed by atoms with Crippen molar-refractivity contribution in [3.63, 3.8) is 0 Å². The van der Waals surface area contributed by atoms with E-state index in [1.165, 1.54) is 0 Å². The van der Waals surface area contributed by atoms with Crippen LogP contribution in [0.4, 0.5) is 5.82 Å². The lowest BCUT2D eigenvalue weighted by Gasteiger charge is -2.16. The van der Waals surface area contributed by atoms with Crippen LogP contribution in [0.3, 0.4) is 0 Å². The Bertz CT molecular complexity index is 964. The Labute approximate surface area is 169 Å². The quantitative estimate of drug-likeness (QED) is 0.674.